The Morgan fingerprint density at radius 1 is 1.21 bits per heavy atom. The first-order valence-electron chi connectivity index (χ1n) is 10.3. The number of urea groups is 1. The van der Waals surface area contributed by atoms with E-state index in [1.54, 1.807) is 31.2 Å². The van der Waals surface area contributed by atoms with E-state index in [9.17, 15) is 24.5 Å². The molecule has 2 unspecified atom stereocenters. The number of nitrogens with one attached hydrogen (secondary N) is 3. The summed E-state index contributed by atoms with van der Waals surface area (Å²) in [5.41, 5.74) is 1.32. The molecule has 0 saturated heterocycles. The molecule has 0 fully saturated rings. The Morgan fingerprint density at radius 2 is 1.91 bits per heavy atom. The Bertz CT molecular complexity index is 1060. The Hall–Kier alpha value is -4.48. The zero-order valence-corrected chi connectivity index (χ0v) is 18.7. The average Bonchev–Trinajstić information content (AvgIpc) is 2.81. The van der Waals surface area contributed by atoms with Crippen LogP contribution in [0.4, 0.5) is 16.2 Å². The monoisotopic (exact) mass is 470 g/mol. The van der Waals surface area contributed by atoms with Gasteiger partial charge in [0, 0.05) is 24.4 Å². The summed E-state index contributed by atoms with van der Waals surface area (Å²) in [7, 11) is 0. The molecule has 34 heavy (non-hydrogen) atoms. The molecule has 0 radical (unpaired) electrons. The SMILES string of the molecule is CCOC(=O)C(C)NC(=O)C(CNC(=O)Nc1ccc(C=NN)cc1)c1cccc([N+](=O)[O-])c1. The van der Waals surface area contributed by atoms with Crippen molar-refractivity contribution in [3.05, 3.63) is 69.8 Å². The molecule has 2 atom stereocenters. The number of amides is 3. The van der Waals surface area contributed by atoms with Crippen LogP contribution in [0.1, 0.15) is 30.9 Å². The number of ether oxygens (including phenoxy) is 1. The van der Waals surface area contributed by atoms with Crippen LogP contribution < -0.4 is 21.8 Å². The molecule has 0 aromatic heterocycles. The van der Waals surface area contributed by atoms with Crippen LogP contribution in [-0.2, 0) is 14.3 Å². The van der Waals surface area contributed by atoms with Gasteiger partial charge < -0.3 is 26.5 Å². The molecule has 0 aliphatic heterocycles. The number of esters is 1. The molecule has 2 rings (SSSR count). The number of nitro benzene ring substituents is 1. The minimum atomic E-state index is -1.01. The van der Waals surface area contributed by atoms with Crippen molar-refractivity contribution in [1.29, 1.82) is 0 Å². The molecular weight excluding hydrogens is 444 g/mol. The lowest BCUT2D eigenvalue weighted by molar-refractivity contribution is -0.384. The fraction of sp³-hybridized carbons (Fsp3) is 0.273. The van der Waals surface area contributed by atoms with E-state index in [4.69, 9.17) is 10.6 Å². The van der Waals surface area contributed by atoms with Gasteiger partial charge in [0.1, 0.15) is 6.04 Å². The van der Waals surface area contributed by atoms with Crippen LogP contribution in [-0.4, -0.2) is 48.2 Å². The maximum Gasteiger partial charge on any atom is 0.328 e. The highest BCUT2D eigenvalue weighted by molar-refractivity contribution is 5.92. The number of nitrogens with two attached hydrogens (primary N) is 1. The molecule has 2 aromatic carbocycles. The van der Waals surface area contributed by atoms with E-state index in [1.807, 2.05) is 0 Å². The lowest BCUT2D eigenvalue weighted by Gasteiger charge is -2.20. The van der Waals surface area contributed by atoms with Gasteiger partial charge >= 0.3 is 12.0 Å². The summed E-state index contributed by atoms with van der Waals surface area (Å²) in [5.74, 6) is 2.86. The van der Waals surface area contributed by atoms with Gasteiger partial charge in [-0.25, -0.2) is 9.59 Å². The Kier molecular flexibility index (Phi) is 9.50. The maximum atomic E-state index is 12.9. The van der Waals surface area contributed by atoms with Gasteiger partial charge in [-0.2, -0.15) is 5.10 Å². The van der Waals surface area contributed by atoms with Gasteiger partial charge in [0.15, 0.2) is 0 Å². The fourth-order valence-corrected chi connectivity index (χ4v) is 2.97. The minimum Gasteiger partial charge on any atom is -0.464 e. The van der Waals surface area contributed by atoms with E-state index in [0.29, 0.717) is 11.3 Å². The van der Waals surface area contributed by atoms with E-state index >= 15 is 0 Å². The first-order chi connectivity index (χ1) is 16.2. The van der Waals surface area contributed by atoms with Crippen LogP contribution in [0.2, 0.25) is 0 Å². The molecule has 0 heterocycles. The maximum absolute atomic E-state index is 12.9. The molecule has 0 aliphatic rings. The standard InChI is InChI=1S/C22H26N6O6/c1-3-34-21(30)14(2)26-20(29)19(16-5-4-6-18(11-16)28(32)33)13-24-22(31)27-17-9-7-15(8-10-17)12-25-23/h4-12,14,19H,3,13,23H2,1-2H3,(H,26,29)(H2,24,27,31). The second-order valence-electron chi connectivity index (χ2n) is 7.12. The molecule has 3 amide bonds. The number of rotatable bonds is 10. The number of carbonyl (C=O) groups excluding carboxylic acids is 3. The summed E-state index contributed by atoms with van der Waals surface area (Å²) in [5, 5.41) is 22.3. The Labute approximate surface area is 195 Å². The van der Waals surface area contributed by atoms with E-state index in [2.05, 4.69) is 21.1 Å². The van der Waals surface area contributed by atoms with Crippen molar-refractivity contribution in [2.75, 3.05) is 18.5 Å². The molecule has 0 saturated carbocycles. The van der Waals surface area contributed by atoms with E-state index in [-0.39, 0.29) is 18.8 Å². The van der Waals surface area contributed by atoms with Crippen molar-refractivity contribution in [3.63, 3.8) is 0 Å². The first kappa shape index (κ1) is 25.8. The molecule has 0 spiro atoms. The Balaban J connectivity index is 2.14. The van der Waals surface area contributed by atoms with Crippen LogP contribution in [0.25, 0.3) is 0 Å². The Morgan fingerprint density at radius 3 is 2.53 bits per heavy atom. The van der Waals surface area contributed by atoms with Crippen molar-refractivity contribution < 1.29 is 24.0 Å². The van der Waals surface area contributed by atoms with Crippen molar-refractivity contribution in [1.82, 2.24) is 10.6 Å². The lowest BCUT2D eigenvalue weighted by atomic mass is 9.97. The topological polar surface area (TPSA) is 178 Å². The number of anilines is 1. The quantitative estimate of drug-likeness (QED) is 0.134. The summed E-state index contributed by atoms with van der Waals surface area (Å²) >= 11 is 0. The molecule has 0 aliphatic carbocycles. The highest BCUT2D eigenvalue weighted by atomic mass is 16.6. The second kappa shape index (κ2) is 12.5. The number of hydrazone groups is 1. The lowest BCUT2D eigenvalue weighted by Crippen LogP contribution is -2.45. The third-order valence-corrected chi connectivity index (χ3v) is 4.66. The predicted octanol–water partition coefficient (Wildman–Crippen LogP) is 1.86. The average molecular weight is 470 g/mol. The van der Waals surface area contributed by atoms with Gasteiger partial charge in [0.2, 0.25) is 5.91 Å². The molecule has 0 bridgehead atoms. The highest BCUT2D eigenvalue weighted by Crippen LogP contribution is 2.21. The third kappa shape index (κ3) is 7.58. The summed E-state index contributed by atoms with van der Waals surface area (Å²) in [6.45, 7) is 3.06. The molecule has 2 aromatic rings. The van der Waals surface area contributed by atoms with Gasteiger partial charge in [-0.1, -0.05) is 24.3 Å². The van der Waals surface area contributed by atoms with Crippen molar-refractivity contribution >= 4 is 35.5 Å². The smallest absolute Gasteiger partial charge is 0.328 e. The zero-order valence-electron chi connectivity index (χ0n) is 18.7. The molecule has 12 heteroatoms. The first-order valence-corrected chi connectivity index (χ1v) is 10.3. The van der Waals surface area contributed by atoms with E-state index < -0.39 is 34.8 Å². The number of carbonyl (C=O) groups is 3. The van der Waals surface area contributed by atoms with E-state index in [0.717, 1.165) is 5.56 Å². The van der Waals surface area contributed by atoms with Gasteiger partial charge in [-0.15, -0.1) is 0 Å². The number of hydrogen-bond donors (Lipinski definition) is 4. The second-order valence-corrected chi connectivity index (χ2v) is 7.12. The van der Waals surface area contributed by atoms with Crippen LogP contribution in [0.15, 0.2) is 53.6 Å². The summed E-state index contributed by atoms with van der Waals surface area (Å²) < 4.78 is 4.89. The van der Waals surface area contributed by atoms with Crippen molar-refractivity contribution in [2.45, 2.75) is 25.8 Å². The van der Waals surface area contributed by atoms with Crippen molar-refractivity contribution in [3.8, 4) is 0 Å². The zero-order chi connectivity index (χ0) is 25.1. The molecule has 12 nitrogen and oxygen atoms in total. The summed E-state index contributed by atoms with van der Waals surface area (Å²) in [6.07, 6.45) is 1.45. The normalized spacial score (nSPS) is 12.4. The number of hydrogen-bond acceptors (Lipinski definition) is 8. The number of nitro groups is 1. The van der Waals surface area contributed by atoms with Gasteiger partial charge in [-0.05, 0) is 37.1 Å². The number of non-ortho nitro benzene ring substituents is 1. The van der Waals surface area contributed by atoms with Gasteiger partial charge in [0.05, 0.1) is 23.7 Å². The van der Waals surface area contributed by atoms with Crippen LogP contribution in [0, 0.1) is 10.1 Å². The largest absolute Gasteiger partial charge is 0.464 e. The summed E-state index contributed by atoms with van der Waals surface area (Å²) in [4.78, 5) is 47.8. The van der Waals surface area contributed by atoms with Crippen molar-refractivity contribution in [2.24, 2.45) is 10.9 Å². The van der Waals surface area contributed by atoms with Gasteiger partial charge in [0.25, 0.3) is 5.69 Å². The van der Waals surface area contributed by atoms with Crippen LogP contribution in [0.3, 0.4) is 0 Å². The summed E-state index contributed by atoms with van der Waals surface area (Å²) in [6, 6.07) is 10.6. The predicted molar refractivity (Wildman–Crippen MR) is 125 cm³/mol. The third-order valence-electron chi connectivity index (χ3n) is 4.66. The molecule has 5 N–H and O–H groups in total. The molecule has 180 valence electrons. The number of benzene rings is 2. The highest BCUT2D eigenvalue weighted by Gasteiger charge is 2.26. The van der Waals surface area contributed by atoms with Gasteiger partial charge in [-0.3, -0.25) is 14.9 Å². The van der Waals surface area contributed by atoms with Crippen LogP contribution >= 0.6 is 0 Å². The van der Waals surface area contributed by atoms with Crippen LogP contribution in [0.5, 0.6) is 0 Å². The number of nitrogens with zero attached hydrogens (tertiary/aromatic N) is 2. The van der Waals surface area contributed by atoms with E-state index in [1.165, 1.54) is 37.4 Å². The fourth-order valence-electron chi connectivity index (χ4n) is 2.97. The minimum absolute atomic E-state index is 0.148. The molecular formula is C22H26N6O6.